The number of thiophene rings is 1. The van der Waals surface area contributed by atoms with Crippen molar-refractivity contribution >= 4 is 50.2 Å². The fraction of sp³-hybridized carbons (Fsp3) is 0.143. The summed E-state index contributed by atoms with van der Waals surface area (Å²) in [6.07, 6.45) is 0. The predicted molar refractivity (Wildman–Crippen MR) is 87.9 cm³/mol. The van der Waals surface area contributed by atoms with Gasteiger partial charge in [0.15, 0.2) is 0 Å². The first kappa shape index (κ1) is 13.5. The lowest BCUT2D eigenvalue weighted by atomic mass is 10.3. The number of halogens is 1. The van der Waals surface area contributed by atoms with Crippen LogP contribution in [0, 0.1) is 0 Å². The van der Waals surface area contributed by atoms with Crippen molar-refractivity contribution in [3.8, 4) is 0 Å². The minimum absolute atomic E-state index is 0.766. The van der Waals surface area contributed by atoms with Crippen molar-refractivity contribution in [3.05, 3.63) is 50.4 Å². The standard InChI is InChI=1S/C14H12ClN3S2/c1-9(11-7-8-13(15)19-11)16-17-14-18(2)10-5-3-4-6-12(10)20-14/h3-8H,1-2H3/b16-9+,17-14+. The molecule has 0 fully saturated rings. The Kier molecular flexibility index (Phi) is 3.74. The molecule has 0 amide bonds. The van der Waals surface area contributed by atoms with E-state index in [4.69, 9.17) is 11.6 Å². The molecule has 0 spiro atoms. The van der Waals surface area contributed by atoms with E-state index < -0.39 is 0 Å². The van der Waals surface area contributed by atoms with Crippen molar-refractivity contribution in [2.24, 2.45) is 17.3 Å². The van der Waals surface area contributed by atoms with E-state index in [1.54, 1.807) is 11.3 Å². The zero-order valence-electron chi connectivity index (χ0n) is 11.0. The average Bonchev–Trinajstić information content (AvgIpc) is 3.01. The van der Waals surface area contributed by atoms with Crippen LogP contribution in [0.15, 0.2) is 46.6 Å². The molecule has 0 aliphatic heterocycles. The van der Waals surface area contributed by atoms with Crippen LogP contribution in [0.3, 0.4) is 0 Å². The lowest BCUT2D eigenvalue weighted by Gasteiger charge is -1.93. The normalized spacial score (nSPS) is 13.3. The second kappa shape index (κ2) is 5.52. The van der Waals surface area contributed by atoms with Gasteiger partial charge in [0.25, 0.3) is 0 Å². The van der Waals surface area contributed by atoms with Crippen LogP contribution in [0.25, 0.3) is 10.2 Å². The largest absolute Gasteiger partial charge is 0.318 e. The Bertz CT molecular complexity index is 855. The third-order valence-corrected chi connectivity index (χ3v) is 5.37. The number of nitrogens with zero attached hydrogens (tertiary/aromatic N) is 3. The van der Waals surface area contributed by atoms with Crippen molar-refractivity contribution < 1.29 is 0 Å². The molecule has 3 nitrogen and oxygen atoms in total. The van der Waals surface area contributed by atoms with Gasteiger partial charge < -0.3 is 4.57 Å². The highest BCUT2D eigenvalue weighted by Crippen LogP contribution is 2.22. The van der Waals surface area contributed by atoms with Crippen LogP contribution in [-0.2, 0) is 7.05 Å². The van der Waals surface area contributed by atoms with E-state index >= 15 is 0 Å². The lowest BCUT2D eigenvalue weighted by Crippen LogP contribution is -2.09. The monoisotopic (exact) mass is 321 g/mol. The number of hydrogen-bond acceptors (Lipinski definition) is 4. The van der Waals surface area contributed by atoms with E-state index in [1.165, 1.54) is 21.6 Å². The number of aromatic nitrogens is 1. The Morgan fingerprint density at radius 2 is 1.95 bits per heavy atom. The lowest BCUT2D eigenvalue weighted by molar-refractivity contribution is 0.888. The van der Waals surface area contributed by atoms with Crippen molar-refractivity contribution in [2.75, 3.05) is 0 Å². The summed E-state index contributed by atoms with van der Waals surface area (Å²) in [7, 11) is 2.00. The number of rotatable bonds is 2. The highest BCUT2D eigenvalue weighted by atomic mass is 35.5. The number of aryl methyl sites for hydroxylation is 1. The molecule has 102 valence electrons. The van der Waals surface area contributed by atoms with Gasteiger partial charge in [0.2, 0.25) is 4.80 Å². The maximum atomic E-state index is 5.93. The van der Waals surface area contributed by atoms with Crippen LogP contribution in [0.1, 0.15) is 11.8 Å². The molecule has 0 saturated heterocycles. The second-order valence-electron chi connectivity index (χ2n) is 4.30. The molecule has 0 N–H and O–H groups in total. The fourth-order valence-corrected chi connectivity index (χ4v) is 3.81. The van der Waals surface area contributed by atoms with Gasteiger partial charge in [-0.25, -0.2) is 0 Å². The molecule has 0 atom stereocenters. The van der Waals surface area contributed by atoms with E-state index in [9.17, 15) is 0 Å². The molecule has 2 heterocycles. The SMILES string of the molecule is C/C(=N\N=c1\sc2ccccc2n1C)c1ccc(Cl)s1. The average molecular weight is 322 g/mol. The second-order valence-corrected chi connectivity index (χ2v) is 7.02. The summed E-state index contributed by atoms with van der Waals surface area (Å²) in [5.74, 6) is 0. The maximum absolute atomic E-state index is 5.93. The Morgan fingerprint density at radius 3 is 2.65 bits per heavy atom. The first-order valence-corrected chi connectivity index (χ1v) is 8.05. The summed E-state index contributed by atoms with van der Waals surface area (Å²) >= 11 is 9.08. The fourth-order valence-electron chi connectivity index (χ4n) is 1.85. The van der Waals surface area contributed by atoms with E-state index in [0.717, 1.165) is 19.7 Å². The van der Waals surface area contributed by atoms with E-state index in [-0.39, 0.29) is 0 Å². The van der Waals surface area contributed by atoms with Gasteiger partial charge in [-0.3, -0.25) is 0 Å². The summed E-state index contributed by atoms with van der Waals surface area (Å²) in [5.41, 5.74) is 2.04. The first-order valence-electron chi connectivity index (χ1n) is 6.04. The zero-order chi connectivity index (χ0) is 14.1. The van der Waals surface area contributed by atoms with Gasteiger partial charge in [0, 0.05) is 7.05 Å². The molecule has 3 aromatic rings. The summed E-state index contributed by atoms with van der Waals surface area (Å²) in [6.45, 7) is 1.94. The number of para-hydroxylation sites is 1. The summed E-state index contributed by atoms with van der Waals surface area (Å²) in [6, 6.07) is 12.1. The molecule has 0 saturated carbocycles. The van der Waals surface area contributed by atoms with Gasteiger partial charge in [-0.15, -0.1) is 16.4 Å². The number of thiazole rings is 1. The van der Waals surface area contributed by atoms with Crippen LogP contribution in [0.2, 0.25) is 4.34 Å². The highest BCUT2D eigenvalue weighted by molar-refractivity contribution is 7.18. The quantitative estimate of drug-likeness (QED) is 0.498. The molecule has 6 heteroatoms. The van der Waals surface area contributed by atoms with Crippen LogP contribution in [0.5, 0.6) is 0 Å². The summed E-state index contributed by atoms with van der Waals surface area (Å²) in [5, 5.41) is 8.68. The number of benzene rings is 1. The van der Waals surface area contributed by atoms with E-state index in [2.05, 4.69) is 26.9 Å². The van der Waals surface area contributed by atoms with Gasteiger partial charge >= 0.3 is 0 Å². The Balaban J connectivity index is 2.04. The van der Waals surface area contributed by atoms with Gasteiger partial charge in [-0.1, -0.05) is 35.1 Å². The third-order valence-electron chi connectivity index (χ3n) is 2.93. The molecule has 3 rings (SSSR count). The molecule has 2 aromatic heterocycles. The molecule has 1 aromatic carbocycles. The highest BCUT2D eigenvalue weighted by Gasteiger charge is 2.03. The van der Waals surface area contributed by atoms with Gasteiger partial charge in [-0.05, 0) is 31.2 Å². The van der Waals surface area contributed by atoms with Gasteiger partial charge in [-0.2, -0.15) is 5.10 Å². The minimum Gasteiger partial charge on any atom is -0.318 e. The van der Waals surface area contributed by atoms with Crippen molar-refractivity contribution in [2.45, 2.75) is 6.92 Å². The van der Waals surface area contributed by atoms with E-state index in [1.807, 2.05) is 38.2 Å². The maximum Gasteiger partial charge on any atom is 0.211 e. The Labute approximate surface area is 129 Å². The topological polar surface area (TPSA) is 29.6 Å². The summed E-state index contributed by atoms with van der Waals surface area (Å²) < 4.78 is 4.03. The Morgan fingerprint density at radius 1 is 1.15 bits per heavy atom. The van der Waals surface area contributed by atoms with Crippen molar-refractivity contribution in [1.29, 1.82) is 0 Å². The smallest absolute Gasteiger partial charge is 0.211 e. The van der Waals surface area contributed by atoms with E-state index in [0.29, 0.717) is 0 Å². The summed E-state index contributed by atoms with van der Waals surface area (Å²) in [4.78, 5) is 1.93. The van der Waals surface area contributed by atoms with Gasteiger partial charge in [0.1, 0.15) is 0 Å². The molecule has 0 aliphatic rings. The molecular weight excluding hydrogens is 310 g/mol. The zero-order valence-corrected chi connectivity index (χ0v) is 13.4. The number of hydrogen-bond donors (Lipinski definition) is 0. The predicted octanol–water partition coefficient (Wildman–Crippen LogP) is 4.28. The first-order chi connectivity index (χ1) is 9.65. The molecule has 0 aliphatic carbocycles. The van der Waals surface area contributed by atoms with Crippen LogP contribution in [-0.4, -0.2) is 10.3 Å². The molecule has 20 heavy (non-hydrogen) atoms. The van der Waals surface area contributed by atoms with Crippen molar-refractivity contribution in [3.63, 3.8) is 0 Å². The van der Waals surface area contributed by atoms with Crippen LogP contribution in [0.4, 0.5) is 0 Å². The van der Waals surface area contributed by atoms with Crippen LogP contribution < -0.4 is 4.80 Å². The number of fused-ring (bicyclic) bond motifs is 1. The minimum atomic E-state index is 0.766. The molecule has 0 bridgehead atoms. The molecule has 0 radical (unpaired) electrons. The third kappa shape index (κ3) is 2.57. The Hall–Kier alpha value is -1.43. The molecular formula is C14H12ClN3S2. The van der Waals surface area contributed by atoms with Gasteiger partial charge in [0.05, 0.1) is 25.1 Å². The van der Waals surface area contributed by atoms with Crippen LogP contribution >= 0.6 is 34.3 Å². The molecule has 0 unspecified atom stereocenters. The van der Waals surface area contributed by atoms with Crippen molar-refractivity contribution in [1.82, 2.24) is 4.57 Å².